The molecule has 9 heteroatoms. The van der Waals surface area contributed by atoms with E-state index in [9.17, 15) is 14.4 Å². The van der Waals surface area contributed by atoms with E-state index >= 15 is 0 Å². The zero-order chi connectivity index (χ0) is 24.9. The third-order valence-corrected chi connectivity index (χ3v) is 6.03. The predicted octanol–water partition coefficient (Wildman–Crippen LogP) is 3.96. The van der Waals surface area contributed by atoms with Crippen LogP contribution in [0.1, 0.15) is 37.3 Å². The minimum Gasteiger partial charge on any atom is -0.481 e. The second-order valence-electron chi connectivity index (χ2n) is 8.70. The highest BCUT2D eigenvalue weighted by Gasteiger charge is 2.29. The lowest BCUT2D eigenvalue weighted by atomic mass is 9.98. The van der Waals surface area contributed by atoms with Crippen LogP contribution in [0.2, 0.25) is 0 Å². The molecule has 0 radical (unpaired) electrons. The van der Waals surface area contributed by atoms with Gasteiger partial charge in [-0.05, 0) is 36.1 Å². The maximum Gasteiger partial charge on any atom is 0.411 e. The van der Waals surface area contributed by atoms with Crippen molar-refractivity contribution >= 4 is 23.7 Å². The largest absolute Gasteiger partial charge is 0.481 e. The fourth-order valence-corrected chi connectivity index (χ4v) is 4.38. The molecule has 0 spiro atoms. The molecule has 1 heterocycles. The summed E-state index contributed by atoms with van der Waals surface area (Å²) in [4.78, 5) is 37.4. The van der Waals surface area contributed by atoms with Gasteiger partial charge in [0.1, 0.15) is 13.2 Å². The van der Waals surface area contributed by atoms with Gasteiger partial charge in [-0.1, -0.05) is 48.5 Å². The Balaban J connectivity index is 1.34. The number of aromatic nitrogens is 2. The first-order valence-corrected chi connectivity index (χ1v) is 11.5. The monoisotopic (exact) mass is 476 g/mol. The van der Waals surface area contributed by atoms with Gasteiger partial charge in [-0.15, -0.1) is 0 Å². The molecule has 0 aliphatic heterocycles. The number of carbonyl (C=O) groups excluding carboxylic acids is 2. The maximum atomic E-state index is 12.6. The van der Waals surface area contributed by atoms with E-state index in [0.717, 1.165) is 22.3 Å². The summed E-state index contributed by atoms with van der Waals surface area (Å²) in [5.74, 6) is -1.25. The number of benzene rings is 2. The lowest BCUT2D eigenvalue weighted by Gasteiger charge is -2.26. The molecule has 35 heavy (non-hydrogen) atoms. The van der Waals surface area contributed by atoms with Crippen molar-refractivity contribution in [3.05, 3.63) is 72.1 Å². The SMILES string of the molecule is CC(C)N(CCC(=O)O)C(=O)Cn1cc(NC(=O)OCC2c3ccccc3-c3ccccc32)cn1. The van der Waals surface area contributed by atoms with E-state index in [4.69, 9.17) is 9.84 Å². The van der Waals surface area contributed by atoms with E-state index in [1.54, 1.807) is 0 Å². The predicted molar refractivity (Wildman–Crippen MR) is 130 cm³/mol. The number of rotatable bonds is 9. The van der Waals surface area contributed by atoms with Crippen molar-refractivity contribution in [2.75, 3.05) is 18.5 Å². The second-order valence-corrected chi connectivity index (χ2v) is 8.70. The van der Waals surface area contributed by atoms with Crippen molar-refractivity contribution in [2.45, 2.75) is 38.8 Å². The zero-order valence-corrected chi connectivity index (χ0v) is 19.7. The quantitative estimate of drug-likeness (QED) is 0.483. The summed E-state index contributed by atoms with van der Waals surface area (Å²) >= 11 is 0. The molecular formula is C26H28N4O5. The average molecular weight is 477 g/mol. The van der Waals surface area contributed by atoms with Crippen LogP contribution in [-0.4, -0.2) is 57.0 Å². The van der Waals surface area contributed by atoms with Crippen molar-refractivity contribution in [1.29, 1.82) is 0 Å². The molecule has 0 unspecified atom stereocenters. The highest BCUT2D eigenvalue weighted by atomic mass is 16.5. The molecule has 4 rings (SSSR count). The minimum atomic E-state index is -0.961. The van der Waals surface area contributed by atoms with Crippen LogP contribution in [0, 0.1) is 0 Å². The van der Waals surface area contributed by atoms with E-state index in [-0.39, 0.29) is 44.0 Å². The first kappa shape index (κ1) is 24.0. The van der Waals surface area contributed by atoms with Crippen LogP contribution in [0.4, 0.5) is 10.5 Å². The average Bonchev–Trinajstić information content (AvgIpc) is 3.39. The molecule has 1 aromatic heterocycles. The standard InChI is InChI=1S/C26H28N4O5/c1-17(2)30(12-11-25(32)33)24(31)15-29-14-18(13-27-29)28-26(34)35-16-23-21-9-5-3-7-19(21)20-8-4-6-10-22(20)23/h3-10,13-14,17,23H,11-12,15-16H2,1-2H3,(H,28,34)(H,32,33). The van der Waals surface area contributed by atoms with E-state index in [0.29, 0.717) is 5.69 Å². The molecule has 0 bridgehead atoms. The number of aliphatic carboxylic acids is 1. The maximum absolute atomic E-state index is 12.6. The topological polar surface area (TPSA) is 114 Å². The Morgan fingerprint density at radius 1 is 1.09 bits per heavy atom. The summed E-state index contributed by atoms with van der Waals surface area (Å²) < 4.78 is 6.94. The third kappa shape index (κ3) is 5.51. The Labute approximate surface area is 203 Å². The van der Waals surface area contributed by atoms with Crippen LogP contribution in [0.3, 0.4) is 0 Å². The molecule has 0 fully saturated rings. The smallest absolute Gasteiger partial charge is 0.411 e. The fourth-order valence-electron chi connectivity index (χ4n) is 4.38. The Morgan fingerprint density at radius 3 is 2.31 bits per heavy atom. The number of fused-ring (bicyclic) bond motifs is 3. The first-order valence-electron chi connectivity index (χ1n) is 11.5. The molecular weight excluding hydrogens is 448 g/mol. The Hall–Kier alpha value is -4.14. The number of carboxylic acid groups (broad SMARTS) is 1. The number of carboxylic acids is 1. The summed E-state index contributed by atoms with van der Waals surface area (Å²) in [5, 5.41) is 15.7. The van der Waals surface area contributed by atoms with E-state index in [2.05, 4.69) is 34.7 Å². The van der Waals surface area contributed by atoms with Crippen molar-refractivity contribution in [3.8, 4) is 11.1 Å². The molecule has 2 aromatic carbocycles. The van der Waals surface area contributed by atoms with Crippen molar-refractivity contribution in [2.24, 2.45) is 0 Å². The van der Waals surface area contributed by atoms with Crippen LogP contribution in [0.25, 0.3) is 11.1 Å². The molecule has 0 atom stereocenters. The van der Waals surface area contributed by atoms with Crippen LogP contribution in [-0.2, 0) is 20.9 Å². The van der Waals surface area contributed by atoms with Gasteiger partial charge < -0.3 is 14.7 Å². The molecule has 2 amide bonds. The number of hydrogen-bond acceptors (Lipinski definition) is 5. The highest BCUT2D eigenvalue weighted by molar-refractivity contribution is 5.85. The normalized spacial score (nSPS) is 12.2. The summed E-state index contributed by atoms with van der Waals surface area (Å²) in [5.41, 5.74) is 4.97. The number of nitrogens with zero attached hydrogens (tertiary/aromatic N) is 3. The molecule has 1 aliphatic rings. The number of ether oxygens (including phenoxy) is 1. The van der Waals surface area contributed by atoms with Gasteiger partial charge in [0.2, 0.25) is 5.91 Å². The molecule has 2 N–H and O–H groups in total. The van der Waals surface area contributed by atoms with Gasteiger partial charge in [-0.25, -0.2) is 4.79 Å². The molecule has 9 nitrogen and oxygen atoms in total. The van der Waals surface area contributed by atoms with Crippen molar-refractivity contribution < 1.29 is 24.2 Å². The highest BCUT2D eigenvalue weighted by Crippen LogP contribution is 2.44. The van der Waals surface area contributed by atoms with Gasteiger partial charge in [0.05, 0.1) is 18.3 Å². The number of anilines is 1. The van der Waals surface area contributed by atoms with Crippen LogP contribution >= 0.6 is 0 Å². The first-order chi connectivity index (χ1) is 16.8. The summed E-state index contributed by atoms with van der Waals surface area (Å²) in [6.07, 6.45) is 2.24. The van der Waals surface area contributed by atoms with Crippen LogP contribution in [0.15, 0.2) is 60.9 Å². The Kier molecular flexibility index (Phi) is 7.14. The summed E-state index contributed by atoms with van der Waals surface area (Å²) in [6.45, 7) is 3.90. The molecule has 3 aromatic rings. The lowest BCUT2D eigenvalue weighted by molar-refractivity contribution is -0.139. The van der Waals surface area contributed by atoms with Gasteiger partial charge in [-0.3, -0.25) is 19.6 Å². The van der Waals surface area contributed by atoms with Crippen LogP contribution in [0.5, 0.6) is 0 Å². The number of hydrogen-bond donors (Lipinski definition) is 2. The van der Waals surface area contributed by atoms with Crippen molar-refractivity contribution in [3.63, 3.8) is 0 Å². The van der Waals surface area contributed by atoms with Gasteiger partial charge in [0.15, 0.2) is 0 Å². The number of amides is 2. The molecule has 0 saturated heterocycles. The Bertz CT molecular complexity index is 1190. The molecule has 0 saturated carbocycles. The molecule has 182 valence electrons. The fraction of sp³-hybridized carbons (Fsp3) is 0.308. The molecule has 1 aliphatic carbocycles. The minimum absolute atomic E-state index is 0.0405. The van der Waals surface area contributed by atoms with E-state index < -0.39 is 12.1 Å². The van der Waals surface area contributed by atoms with Gasteiger partial charge in [-0.2, -0.15) is 5.10 Å². The van der Waals surface area contributed by atoms with Gasteiger partial charge >= 0.3 is 12.1 Å². The van der Waals surface area contributed by atoms with E-state index in [1.807, 2.05) is 38.1 Å². The van der Waals surface area contributed by atoms with Crippen molar-refractivity contribution in [1.82, 2.24) is 14.7 Å². The summed E-state index contributed by atoms with van der Waals surface area (Å²) in [7, 11) is 0. The number of nitrogens with one attached hydrogen (secondary N) is 1. The number of carbonyl (C=O) groups is 3. The van der Waals surface area contributed by atoms with Gasteiger partial charge in [0, 0.05) is 24.7 Å². The van der Waals surface area contributed by atoms with E-state index in [1.165, 1.54) is 22.0 Å². The Morgan fingerprint density at radius 2 is 1.71 bits per heavy atom. The van der Waals surface area contributed by atoms with Gasteiger partial charge in [0.25, 0.3) is 0 Å². The third-order valence-electron chi connectivity index (χ3n) is 6.03. The van der Waals surface area contributed by atoms with Crippen LogP contribution < -0.4 is 5.32 Å². The summed E-state index contributed by atoms with van der Waals surface area (Å²) in [6, 6.07) is 16.1. The zero-order valence-electron chi connectivity index (χ0n) is 19.7. The lowest BCUT2D eigenvalue weighted by Crippen LogP contribution is -2.40. The second kappa shape index (κ2) is 10.4.